The standard InChI is InChI=1S/C19H17NO4/c21-19(18-11-14-5-1-2-8-17(14)24-18)20(12-15-6-3-9-22-15)13-16-7-4-10-23-16/h1-10,18H,11-13H2. The van der Waals surface area contributed by atoms with Crippen LogP contribution in [0.1, 0.15) is 17.1 Å². The van der Waals surface area contributed by atoms with E-state index in [0.717, 1.165) is 22.8 Å². The number of amides is 1. The van der Waals surface area contributed by atoms with Gasteiger partial charge in [-0.15, -0.1) is 0 Å². The molecule has 2 aromatic heterocycles. The zero-order valence-corrected chi connectivity index (χ0v) is 13.1. The SMILES string of the molecule is O=C(C1Cc2ccccc2O1)N(Cc1ccco1)Cc1ccco1. The molecule has 1 unspecified atom stereocenters. The van der Waals surface area contributed by atoms with E-state index in [2.05, 4.69) is 0 Å². The lowest BCUT2D eigenvalue weighted by Crippen LogP contribution is -2.40. The van der Waals surface area contributed by atoms with Gasteiger partial charge in [-0.1, -0.05) is 18.2 Å². The first-order valence-corrected chi connectivity index (χ1v) is 7.88. The molecule has 0 aliphatic carbocycles. The Hall–Kier alpha value is -2.95. The van der Waals surface area contributed by atoms with Gasteiger partial charge in [-0.2, -0.15) is 0 Å². The predicted octanol–water partition coefficient (Wildman–Crippen LogP) is 3.41. The van der Waals surface area contributed by atoms with Crippen LogP contribution in [0.2, 0.25) is 0 Å². The van der Waals surface area contributed by atoms with E-state index in [-0.39, 0.29) is 5.91 Å². The van der Waals surface area contributed by atoms with Crippen LogP contribution in [0.5, 0.6) is 5.75 Å². The molecule has 122 valence electrons. The largest absolute Gasteiger partial charge is 0.480 e. The van der Waals surface area contributed by atoms with Crippen molar-refractivity contribution >= 4 is 5.91 Å². The molecular formula is C19H17NO4. The van der Waals surface area contributed by atoms with E-state index in [1.54, 1.807) is 17.4 Å². The molecule has 24 heavy (non-hydrogen) atoms. The predicted molar refractivity (Wildman–Crippen MR) is 86.2 cm³/mol. The minimum Gasteiger partial charge on any atom is -0.480 e. The molecule has 1 amide bonds. The van der Waals surface area contributed by atoms with Crippen LogP contribution in [-0.2, 0) is 24.3 Å². The highest BCUT2D eigenvalue weighted by atomic mass is 16.5. The van der Waals surface area contributed by atoms with Crippen LogP contribution in [-0.4, -0.2) is 16.9 Å². The maximum Gasteiger partial charge on any atom is 0.264 e. The minimum absolute atomic E-state index is 0.0704. The summed E-state index contributed by atoms with van der Waals surface area (Å²) in [4.78, 5) is 14.7. The fourth-order valence-corrected chi connectivity index (χ4v) is 2.92. The minimum atomic E-state index is -0.507. The topological polar surface area (TPSA) is 55.8 Å². The Labute approximate surface area is 139 Å². The number of furan rings is 2. The van der Waals surface area contributed by atoms with Gasteiger partial charge in [0, 0.05) is 6.42 Å². The number of rotatable bonds is 5. The summed E-state index contributed by atoms with van der Waals surface area (Å²) in [6.45, 7) is 0.755. The molecule has 1 aliphatic rings. The monoisotopic (exact) mass is 323 g/mol. The quantitative estimate of drug-likeness (QED) is 0.722. The molecule has 4 rings (SSSR count). The number of carbonyl (C=O) groups is 1. The molecule has 0 bridgehead atoms. The fourth-order valence-electron chi connectivity index (χ4n) is 2.92. The number of nitrogens with zero attached hydrogens (tertiary/aromatic N) is 1. The molecule has 0 fully saturated rings. The second-order valence-electron chi connectivity index (χ2n) is 5.77. The highest BCUT2D eigenvalue weighted by Crippen LogP contribution is 2.29. The normalized spacial score (nSPS) is 15.8. The first kappa shape index (κ1) is 14.6. The van der Waals surface area contributed by atoms with E-state index in [4.69, 9.17) is 13.6 Å². The number of hydrogen-bond donors (Lipinski definition) is 0. The van der Waals surface area contributed by atoms with E-state index < -0.39 is 6.10 Å². The Morgan fingerprint density at radius 1 is 0.958 bits per heavy atom. The van der Waals surface area contributed by atoms with E-state index in [1.165, 1.54) is 0 Å². The van der Waals surface area contributed by atoms with Crippen LogP contribution in [0.15, 0.2) is 69.9 Å². The van der Waals surface area contributed by atoms with Gasteiger partial charge in [-0.25, -0.2) is 0 Å². The maximum absolute atomic E-state index is 13.0. The van der Waals surface area contributed by atoms with Gasteiger partial charge in [0.15, 0.2) is 6.10 Å². The molecule has 0 saturated heterocycles. The van der Waals surface area contributed by atoms with Crippen molar-refractivity contribution in [1.82, 2.24) is 4.90 Å². The summed E-state index contributed by atoms with van der Waals surface area (Å²) in [5.41, 5.74) is 1.06. The van der Waals surface area contributed by atoms with Crippen LogP contribution < -0.4 is 4.74 Å². The highest BCUT2D eigenvalue weighted by molar-refractivity contribution is 5.82. The smallest absolute Gasteiger partial charge is 0.264 e. The molecule has 1 aromatic carbocycles. The lowest BCUT2D eigenvalue weighted by atomic mass is 10.1. The average Bonchev–Trinajstić information content (AvgIpc) is 3.34. The van der Waals surface area contributed by atoms with Crippen molar-refractivity contribution in [3.8, 4) is 5.75 Å². The van der Waals surface area contributed by atoms with E-state index in [9.17, 15) is 4.79 Å². The third kappa shape index (κ3) is 2.93. The van der Waals surface area contributed by atoms with Crippen molar-refractivity contribution in [3.05, 3.63) is 78.1 Å². The van der Waals surface area contributed by atoms with Crippen molar-refractivity contribution < 1.29 is 18.4 Å². The zero-order valence-electron chi connectivity index (χ0n) is 13.1. The van der Waals surface area contributed by atoms with Crippen molar-refractivity contribution in [1.29, 1.82) is 0 Å². The van der Waals surface area contributed by atoms with Gasteiger partial charge in [0.1, 0.15) is 17.3 Å². The van der Waals surface area contributed by atoms with Gasteiger partial charge in [0.05, 0.1) is 25.6 Å². The lowest BCUT2D eigenvalue weighted by Gasteiger charge is -2.23. The van der Waals surface area contributed by atoms with Crippen LogP contribution >= 0.6 is 0 Å². The van der Waals surface area contributed by atoms with Gasteiger partial charge in [0.2, 0.25) is 0 Å². The van der Waals surface area contributed by atoms with Gasteiger partial charge < -0.3 is 18.5 Å². The van der Waals surface area contributed by atoms with Gasteiger partial charge in [-0.05, 0) is 35.9 Å². The fraction of sp³-hybridized carbons (Fsp3) is 0.211. The Morgan fingerprint density at radius 2 is 1.62 bits per heavy atom. The molecule has 3 heterocycles. The first-order chi connectivity index (χ1) is 11.8. The van der Waals surface area contributed by atoms with E-state index in [1.807, 2.05) is 48.5 Å². The second-order valence-corrected chi connectivity index (χ2v) is 5.77. The lowest BCUT2D eigenvalue weighted by molar-refractivity contribution is -0.139. The number of hydrogen-bond acceptors (Lipinski definition) is 4. The third-order valence-electron chi connectivity index (χ3n) is 4.09. The van der Waals surface area contributed by atoms with Crippen LogP contribution in [0.4, 0.5) is 0 Å². The van der Waals surface area contributed by atoms with Crippen molar-refractivity contribution in [3.63, 3.8) is 0 Å². The Kier molecular flexibility index (Phi) is 3.83. The van der Waals surface area contributed by atoms with Crippen LogP contribution in [0.25, 0.3) is 0 Å². The zero-order chi connectivity index (χ0) is 16.4. The Bertz CT molecular complexity index is 747. The molecule has 0 saturated carbocycles. The van der Waals surface area contributed by atoms with Gasteiger partial charge in [-0.3, -0.25) is 4.79 Å². The number of benzene rings is 1. The molecule has 3 aromatic rings. The van der Waals surface area contributed by atoms with Crippen molar-refractivity contribution in [2.45, 2.75) is 25.6 Å². The summed E-state index contributed by atoms with van der Waals surface area (Å²) < 4.78 is 16.6. The van der Waals surface area contributed by atoms with Crippen molar-refractivity contribution in [2.75, 3.05) is 0 Å². The summed E-state index contributed by atoms with van der Waals surface area (Å²) in [6, 6.07) is 15.1. The molecule has 5 heteroatoms. The van der Waals surface area contributed by atoms with Gasteiger partial charge in [0.25, 0.3) is 5.91 Å². The second kappa shape index (κ2) is 6.28. The summed E-state index contributed by atoms with van der Waals surface area (Å²) in [6.07, 6.45) is 3.29. The molecule has 5 nitrogen and oxygen atoms in total. The molecule has 1 atom stereocenters. The van der Waals surface area contributed by atoms with Crippen LogP contribution in [0.3, 0.4) is 0 Å². The Balaban J connectivity index is 1.53. The molecule has 0 spiro atoms. The Morgan fingerprint density at radius 3 is 2.21 bits per heavy atom. The maximum atomic E-state index is 13.0. The summed E-state index contributed by atoms with van der Waals surface area (Å²) in [5, 5.41) is 0. The molecule has 0 N–H and O–H groups in total. The highest BCUT2D eigenvalue weighted by Gasteiger charge is 2.33. The van der Waals surface area contributed by atoms with Crippen LogP contribution in [0, 0.1) is 0 Å². The molecular weight excluding hydrogens is 306 g/mol. The van der Waals surface area contributed by atoms with E-state index >= 15 is 0 Å². The van der Waals surface area contributed by atoms with Gasteiger partial charge >= 0.3 is 0 Å². The summed E-state index contributed by atoms with van der Waals surface area (Å²) in [5.74, 6) is 2.17. The first-order valence-electron chi connectivity index (χ1n) is 7.88. The number of carbonyl (C=O) groups excluding carboxylic acids is 1. The molecule has 0 radical (unpaired) electrons. The number of ether oxygens (including phenoxy) is 1. The number of para-hydroxylation sites is 1. The third-order valence-corrected chi connectivity index (χ3v) is 4.09. The van der Waals surface area contributed by atoms with Crippen molar-refractivity contribution in [2.24, 2.45) is 0 Å². The average molecular weight is 323 g/mol. The van der Waals surface area contributed by atoms with E-state index in [0.29, 0.717) is 19.5 Å². The summed E-state index contributed by atoms with van der Waals surface area (Å²) in [7, 11) is 0. The summed E-state index contributed by atoms with van der Waals surface area (Å²) >= 11 is 0. The molecule has 1 aliphatic heterocycles. The number of fused-ring (bicyclic) bond motifs is 1.